The molecule has 3 aromatic rings. The van der Waals surface area contributed by atoms with Crippen LogP contribution in [0.3, 0.4) is 0 Å². The third-order valence-corrected chi connectivity index (χ3v) is 4.35. The summed E-state index contributed by atoms with van der Waals surface area (Å²) >= 11 is 5.10. The van der Waals surface area contributed by atoms with Crippen LogP contribution in [-0.2, 0) is 5.75 Å². The van der Waals surface area contributed by atoms with Crippen molar-refractivity contribution in [3.8, 4) is 0 Å². The van der Waals surface area contributed by atoms with Gasteiger partial charge in [0.1, 0.15) is 5.52 Å². The number of fused-ring (bicyclic) bond motifs is 1. The number of rotatable bonds is 3. The standard InChI is InChI=1S/C14H11BrN2OS/c15-11-4-2-1-3-9(11)8-19-14-17-12-7-10(16)5-6-13(12)18-14/h1-7H,8,16H2. The molecule has 0 atom stereocenters. The Hall–Kier alpha value is -1.46. The van der Waals surface area contributed by atoms with E-state index < -0.39 is 0 Å². The number of oxazole rings is 1. The van der Waals surface area contributed by atoms with Gasteiger partial charge >= 0.3 is 0 Å². The molecule has 19 heavy (non-hydrogen) atoms. The number of nitrogens with zero attached hydrogens (tertiary/aromatic N) is 1. The van der Waals surface area contributed by atoms with Crippen LogP contribution < -0.4 is 5.73 Å². The molecule has 2 aromatic carbocycles. The highest BCUT2D eigenvalue weighted by molar-refractivity contribution is 9.10. The summed E-state index contributed by atoms with van der Waals surface area (Å²) in [5.74, 6) is 0.809. The van der Waals surface area contributed by atoms with Crippen molar-refractivity contribution in [1.82, 2.24) is 4.98 Å². The molecule has 96 valence electrons. The second-order valence-corrected chi connectivity index (χ2v) is 5.87. The summed E-state index contributed by atoms with van der Waals surface area (Å²) in [5.41, 5.74) is 9.21. The van der Waals surface area contributed by atoms with E-state index >= 15 is 0 Å². The summed E-state index contributed by atoms with van der Waals surface area (Å²) in [6.45, 7) is 0. The lowest BCUT2D eigenvalue weighted by molar-refractivity contribution is 0.489. The minimum atomic E-state index is 0.663. The van der Waals surface area contributed by atoms with Gasteiger partial charge in [-0.25, -0.2) is 4.98 Å². The Balaban J connectivity index is 1.80. The molecular weight excluding hydrogens is 324 g/mol. The molecule has 1 aromatic heterocycles. The maximum Gasteiger partial charge on any atom is 0.257 e. The van der Waals surface area contributed by atoms with Gasteiger partial charge in [0.15, 0.2) is 5.58 Å². The second-order valence-electron chi connectivity index (χ2n) is 4.09. The number of hydrogen-bond donors (Lipinski definition) is 1. The van der Waals surface area contributed by atoms with E-state index in [1.807, 2.05) is 36.4 Å². The molecule has 3 rings (SSSR count). The van der Waals surface area contributed by atoms with Gasteiger partial charge in [0.05, 0.1) is 0 Å². The molecule has 0 fully saturated rings. The lowest BCUT2D eigenvalue weighted by atomic mass is 10.2. The van der Waals surface area contributed by atoms with Crippen LogP contribution in [0.2, 0.25) is 0 Å². The Morgan fingerprint density at radius 3 is 2.89 bits per heavy atom. The molecule has 0 amide bonds. The van der Waals surface area contributed by atoms with Crippen molar-refractivity contribution < 1.29 is 4.42 Å². The van der Waals surface area contributed by atoms with Gasteiger partial charge in [-0.2, -0.15) is 0 Å². The zero-order valence-corrected chi connectivity index (χ0v) is 12.4. The maximum absolute atomic E-state index is 5.72. The molecule has 0 saturated carbocycles. The van der Waals surface area contributed by atoms with Crippen molar-refractivity contribution in [3.63, 3.8) is 0 Å². The zero-order valence-electron chi connectivity index (χ0n) is 9.97. The van der Waals surface area contributed by atoms with Gasteiger partial charge in [-0.1, -0.05) is 45.9 Å². The van der Waals surface area contributed by atoms with Crippen LogP contribution >= 0.6 is 27.7 Å². The number of nitrogen functional groups attached to an aromatic ring is 1. The van der Waals surface area contributed by atoms with Gasteiger partial charge in [-0.3, -0.25) is 0 Å². The van der Waals surface area contributed by atoms with E-state index in [9.17, 15) is 0 Å². The van der Waals surface area contributed by atoms with Crippen LogP contribution in [0.4, 0.5) is 5.69 Å². The molecule has 1 heterocycles. The molecule has 0 radical (unpaired) electrons. The van der Waals surface area contributed by atoms with Gasteiger partial charge in [-0.15, -0.1) is 0 Å². The number of aromatic nitrogens is 1. The fourth-order valence-corrected chi connectivity index (χ4v) is 3.19. The second kappa shape index (κ2) is 5.27. The Morgan fingerprint density at radius 2 is 2.05 bits per heavy atom. The third kappa shape index (κ3) is 2.77. The van der Waals surface area contributed by atoms with Gasteiger partial charge in [0, 0.05) is 15.9 Å². The van der Waals surface area contributed by atoms with E-state index in [1.54, 1.807) is 11.8 Å². The fourth-order valence-electron chi connectivity index (χ4n) is 1.74. The minimum Gasteiger partial charge on any atom is -0.431 e. The molecule has 0 spiro atoms. The average molecular weight is 335 g/mol. The normalized spacial score (nSPS) is 11.0. The lowest BCUT2D eigenvalue weighted by Gasteiger charge is -2.00. The predicted molar refractivity (Wildman–Crippen MR) is 82.1 cm³/mol. The average Bonchev–Trinajstić information content (AvgIpc) is 2.79. The molecule has 5 heteroatoms. The summed E-state index contributed by atoms with van der Waals surface area (Å²) in [4.78, 5) is 4.42. The summed E-state index contributed by atoms with van der Waals surface area (Å²) in [6, 6.07) is 13.6. The number of anilines is 1. The highest BCUT2D eigenvalue weighted by atomic mass is 79.9. The number of thioether (sulfide) groups is 1. The summed E-state index contributed by atoms with van der Waals surface area (Å²) in [7, 11) is 0. The molecule has 0 bridgehead atoms. The van der Waals surface area contributed by atoms with Gasteiger partial charge in [0.25, 0.3) is 5.22 Å². The largest absolute Gasteiger partial charge is 0.431 e. The van der Waals surface area contributed by atoms with Crippen LogP contribution in [0.15, 0.2) is 56.6 Å². The van der Waals surface area contributed by atoms with Crippen molar-refractivity contribution in [1.29, 1.82) is 0 Å². The van der Waals surface area contributed by atoms with Gasteiger partial charge < -0.3 is 10.2 Å². The summed E-state index contributed by atoms with van der Waals surface area (Å²) in [5, 5.41) is 0.663. The van der Waals surface area contributed by atoms with Gasteiger partial charge in [0.2, 0.25) is 0 Å². The van der Waals surface area contributed by atoms with Crippen molar-refractivity contribution in [2.75, 3.05) is 5.73 Å². The number of hydrogen-bond acceptors (Lipinski definition) is 4. The quantitative estimate of drug-likeness (QED) is 0.567. The minimum absolute atomic E-state index is 0.663. The van der Waals surface area contributed by atoms with E-state index in [2.05, 4.69) is 27.0 Å². The zero-order chi connectivity index (χ0) is 13.2. The number of benzene rings is 2. The topological polar surface area (TPSA) is 52.0 Å². The third-order valence-electron chi connectivity index (χ3n) is 2.70. The van der Waals surface area contributed by atoms with Crippen LogP contribution in [0, 0.1) is 0 Å². The molecule has 0 aliphatic heterocycles. The Morgan fingerprint density at radius 1 is 1.21 bits per heavy atom. The Bertz CT molecular complexity index is 726. The van der Waals surface area contributed by atoms with Crippen LogP contribution in [0.25, 0.3) is 11.1 Å². The predicted octanol–water partition coefficient (Wildman–Crippen LogP) is 4.46. The molecule has 0 aliphatic rings. The van der Waals surface area contributed by atoms with E-state index in [4.69, 9.17) is 10.2 Å². The number of nitrogens with two attached hydrogens (primary N) is 1. The Kier molecular flexibility index (Phi) is 3.48. The molecule has 2 N–H and O–H groups in total. The molecule has 0 unspecified atom stereocenters. The van der Waals surface area contributed by atoms with E-state index in [1.165, 1.54) is 5.56 Å². The van der Waals surface area contributed by atoms with E-state index in [0.29, 0.717) is 10.9 Å². The van der Waals surface area contributed by atoms with Crippen LogP contribution in [0.5, 0.6) is 0 Å². The van der Waals surface area contributed by atoms with Crippen molar-refractivity contribution in [2.24, 2.45) is 0 Å². The highest BCUT2D eigenvalue weighted by Crippen LogP contribution is 2.29. The van der Waals surface area contributed by atoms with Crippen molar-refractivity contribution in [3.05, 3.63) is 52.5 Å². The van der Waals surface area contributed by atoms with Crippen LogP contribution in [0.1, 0.15) is 5.56 Å². The number of halogens is 1. The first-order valence-corrected chi connectivity index (χ1v) is 7.52. The SMILES string of the molecule is Nc1ccc2oc(SCc3ccccc3Br)nc2c1. The Labute approximate surface area is 123 Å². The lowest BCUT2D eigenvalue weighted by Crippen LogP contribution is -1.82. The molecule has 0 saturated heterocycles. The summed E-state index contributed by atoms with van der Waals surface area (Å²) < 4.78 is 6.77. The first-order chi connectivity index (χ1) is 9.22. The molecular formula is C14H11BrN2OS. The molecule has 3 nitrogen and oxygen atoms in total. The first-order valence-electron chi connectivity index (χ1n) is 5.74. The molecule has 0 aliphatic carbocycles. The monoisotopic (exact) mass is 334 g/mol. The van der Waals surface area contributed by atoms with E-state index in [-0.39, 0.29) is 0 Å². The van der Waals surface area contributed by atoms with Crippen LogP contribution in [-0.4, -0.2) is 4.98 Å². The fraction of sp³-hybridized carbons (Fsp3) is 0.0714. The van der Waals surface area contributed by atoms with E-state index in [0.717, 1.165) is 21.3 Å². The first kappa shape index (κ1) is 12.6. The van der Waals surface area contributed by atoms with Gasteiger partial charge in [-0.05, 0) is 29.8 Å². The summed E-state index contributed by atoms with van der Waals surface area (Å²) in [6.07, 6.45) is 0. The maximum atomic E-state index is 5.72. The highest BCUT2D eigenvalue weighted by Gasteiger charge is 2.08. The van der Waals surface area contributed by atoms with Crippen molar-refractivity contribution >= 4 is 44.5 Å². The smallest absolute Gasteiger partial charge is 0.257 e. The van der Waals surface area contributed by atoms with Crippen molar-refractivity contribution in [2.45, 2.75) is 11.0 Å².